The first-order valence-corrected chi connectivity index (χ1v) is 15.0. The number of sulfonamides is 1. The van der Waals surface area contributed by atoms with Crippen LogP contribution < -0.4 is 20.9 Å². The highest BCUT2D eigenvalue weighted by Gasteiger charge is 2.29. The zero-order chi connectivity index (χ0) is 31.1. The number of urea groups is 1. The Morgan fingerprint density at radius 1 is 1.00 bits per heavy atom. The SMILES string of the molecule is Cc1cc(C)c(S(=O)(=O)N[C@@H](Cc2nc3ccc(/C=C/CNC(=O)NCc4ccccc4)cc3c(=O)[nH]2)C(=O)O)c(C)c1. The van der Waals surface area contributed by atoms with E-state index < -0.39 is 27.6 Å². The lowest BCUT2D eigenvalue weighted by Gasteiger charge is -2.17. The molecule has 3 aromatic carbocycles. The quantitative estimate of drug-likeness (QED) is 0.175. The summed E-state index contributed by atoms with van der Waals surface area (Å²) in [5, 5.41) is 15.6. The normalized spacial score (nSPS) is 12.3. The Morgan fingerprint density at radius 3 is 2.37 bits per heavy atom. The van der Waals surface area contributed by atoms with E-state index in [0.717, 1.165) is 11.1 Å². The van der Waals surface area contributed by atoms with E-state index in [4.69, 9.17) is 0 Å². The van der Waals surface area contributed by atoms with Crippen molar-refractivity contribution in [2.75, 3.05) is 6.54 Å². The fourth-order valence-electron chi connectivity index (χ4n) is 4.80. The van der Waals surface area contributed by atoms with Crippen LogP contribution in [0.15, 0.2) is 76.4 Å². The second-order valence-corrected chi connectivity index (χ2v) is 11.8. The number of benzene rings is 3. The van der Waals surface area contributed by atoms with Gasteiger partial charge in [0, 0.05) is 19.5 Å². The van der Waals surface area contributed by atoms with Gasteiger partial charge in [-0.05, 0) is 55.2 Å². The lowest BCUT2D eigenvalue weighted by molar-refractivity contribution is -0.139. The predicted octanol–water partition coefficient (Wildman–Crippen LogP) is 3.34. The number of carboxylic acid groups (broad SMARTS) is 1. The van der Waals surface area contributed by atoms with Crippen LogP contribution in [-0.4, -0.2) is 48.1 Å². The van der Waals surface area contributed by atoms with Crippen LogP contribution in [0.4, 0.5) is 4.79 Å². The van der Waals surface area contributed by atoms with E-state index in [1.54, 1.807) is 56.3 Å². The average Bonchev–Trinajstić information content (AvgIpc) is 2.93. The van der Waals surface area contributed by atoms with Crippen LogP contribution in [0.25, 0.3) is 17.0 Å². The third kappa shape index (κ3) is 8.15. The summed E-state index contributed by atoms with van der Waals surface area (Å²) in [6.07, 6.45) is 3.11. The molecule has 11 nitrogen and oxygen atoms in total. The lowest BCUT2D eigenvalue weighted by Crippen LogP contribution is -2.43. The van der Waals surface area contributed by atoms with E-state index in [1.165, 1.54) is 0 Å². The zero-order valence-electron chi connectivity index (χ0n) is 24.0. The van der Waals surface area contributed by atoms with Gasteiger partial charge in [0.25, 0.3) is 5.56 Å². The van der Waals surface area contributed by atoms with Crippen LogP contribution in [0.5, 0.6) is 0 Å². The number of rotatable bonds is 11. The molecule has 0 aliphatic carbocycles. The van der Waals surface area contributed by atoms with Crippen LogP contribution in [0.1, 0.15) is 33.6 Å². The van der Waals surface area contributed by atoms with Gasteiger partial charge in [0.2, 0.25) is 10.0 Å². The molecule has 0 unspecified atom stereocenters. The van der Waals surface area contributed by atoms with Crippen molar-refractivity contribution < 1.29 is 23.1 Å². The fraction of sp³-hybridized carbons (Fsp3) is 0.226. The summed E-state index contributed by atoms with van der Waals surface area (Å²) in [5.41, 5.74) is 3.39. The Kier molecular flexibility index (Phi) is 9.73. The van der Waals surface area contributed by atoms with E-state index in [-0.39, 0.29) is 35.1 Å². The fourth-order valence-corrected chi connectivity index (χ4v) is 6.44. The summed E-state index contributed by atoms with van der Waals surface area (Å²) in [4.78, 5) is 43.9. The van der Waals surface area contributed by atoms with E-state index >= 15 is 0 Å². The van der Waals surface area contributed by atoms with Crippen LogP contribution in [-0.2, 0) is 27.8 Å². The second kappa shape index (κ2) is 13.4. The predicted molar refractivity (Wildman–Crippen MR) is 164 cm³/mol. The molecule has 0 saturated carbocycles. The van der Waals surface area contributed by atoms with Crippen molar-refractivity contribution in [1.82, 2.24) is 25.3 Å². The minimum Gasteiger partial charge on any atom is -0.480 e. The number of aliphatic carboxylic acids is 1. The minimum absolute atomic E-state index is 0.0212. The molecule has 12 heteroatoms. The van der Waals surface area contributed by atoms with E-state index in [9.17, 15) is 27.9 Å². The molecule has 224 valence electrons. The number of carboxylic acids is 1. The Bertz CT molecular complexity index is 1830. The van der Waals surface area contributed by atoms with E-state index in [1.807, 2.05) is 37.3 Å². The van der Waals surface area contributed by atoms with Crippen LogP contribution in [0, 0.1) is 20.8 Å². The molecule has 0 radical (unpaired) electrons. The molecule has 0 fully saturated rings. The van der Waals surface area contributed by atoms with Gasteiger partial charge < -0.3 is 20.7 Å². The topological polar surface area (TPSA) is 170 Å². The smallest absolute Gasteiger partial charge is 0.322 e. The maximum absolute atomic E-state index is 13.1. The number of hydrogen-bond donors (Lipinski definition) is 5. The van der Waals surface area contributed by atoms with Gasteiger partial charge >= 0.3 is 12.0 Å². The van der Waals surface area contributed by atoms with Gasteiger partial charge in [0.15, 0.2) is 0 Å². The first kappa shape index (κ1) is 31.1. The Hall–Kier alpha value is -4.81. The third-order valence-corrected chi connectivity index (χ3v) is 8.41. The summed E-state index contributed by atoms with van der Waals surface area (Å²) < 4.78 is 28.5. The molecule has 0 saturated heterocycles. The molecule has 5 N–H and O–H groups in total. The molecule has 43 heavy (non-hydrogen) atoms. The molecule has 0 aliphatic rings. The number of nitrogens with one attached hydrogen (secondary N) is 4. The number of carbonyl (C=O) groups excluding carboxylic acids is 1. The van der Waals surface area contributed by atoms with Crippen LogP contribution in [0.3, 0.4) is 0 Å². The van der Waals surface area contributed by atoms with Gasteiger partial charge in [0.1, 0.15) is 11.9 Å². The van der Waals surface area contributed by atoms with Crippen molar-refractivity contribution in [2.45, 2.75) is 44.7 Å². The average molecular weight is 604 g/mol. The second-order valence-electron chi connectivity index (χ2n) is 10.2. The van der Waals surface area contributed by atoms with Crippen molar-refractivity contribution in [2.24, 2.45) is 0 Å². The molecular weight excluding hydrogens is 570 g/mol. The van der Waals surface area contributed by atoms with Crippen molar-refractivity contribution in [3.8, 4) is 0 Å². The number of fused-ring (bicyclic) bond motifs is 1. The summed E-state index contributed by atoms with van der Waals surface area (Å²) in [7, 11) is -4.18. The molecule has 4 rings (SSSR count). The molecule has 1 atom stereocenters. The van der Waals surface area contributed by atoms with Gasteiger partial charge in [0.05, 0.1) is 15.8 Å². The summed E-state index contributed by atoms with van der Waals surface area (Å²) in [5.74, 6) is -1.38. The maximum Gasteiger partial charge on any atom is 0.322 e. The van der Waals surface area contributed by atoms with Gasteiger partial charge in [-0.3, -0.25) is 9.59 Å². The molecule has 1 heterocycles. The Morgan fingerprint density at radius 2 is 1.70 bits per heavy atom. The molecular formula is C31H33N5O6S. The highest BCUT2D eigenvalue weighted by molar-refractivity contribution is 7.89. The van der Waals surface area contributed by atoms with Gasteiger partial charge in [-0.15, -0.1) is 0 Å². The van der Waals surface area contributed by atoms with E-state index in [2.05, 4.69) is 25.3 Å². The molecule has 4 aromatic rings. The van der Waals surface area contributed by atoms with Gasteiger partial charge in [-0.1, -0.05) is 66.2 Å². The first-order chi connectivity index (χ1) is 20.4. The number of nitrogens with zero attached hydrogens (tertiary/aromatic N) is 1. The summed E-state index contributed by atoms with van der Waals surface area (Å²) in [6, 6.07) is 16.0. The van der Waals surface area contributed by atoms with Crippen LogP contribution in [0.2, 0.25) is 0 Å². The standard InChI is InChI=1S/C31H33N5O6S/c1-19-14-20(2)28(21(3)15-19)43(41,42)36-26(30(38)39)17-27-34-25-12-11-22(16-24(25)29(37)35-27)10-7-13-32-31(40)33-18-23-8-5-4-6-9-23/h4-12,14-16,26,36H,13,17-18H2,1-3H3,(H,38,39)(H2,32,33,40)(H,34,35,37)/b10-7+/t26-/m0/s1. The number of hydrogen-bond acceptors (Lipinski definition) is 6. The van der Waals surface area contributed by atoms with Crippen molar-refractivity contribution in [3.63, 3.8) is 0 Å². The largest absolute Gasteiger partial charge is 0.480 e. The third-order valence-electron chi connectivity index (χ3n) is 6.63. The monoisotopic (exact) mass is 603 g/mol. The minimum atomic E-state index is -4.18. The molecule has 0 aliphatic heterocycles. The Balaban J connectivity index is 1.42. The molecule has 0 spiro atoms. The van der Waals surface area contributed by atoms with Crippen molar-refractivity contribution in [3.05, 3.63) is 111 Å². The van der Waals surface area contributed by atoms with Crippen molar-refractivity contribution >= 4 is 39.0 Å². The van der Waals surface area contributed by atoms with E-state index in [0.29, 0.717) is 28.8 Å². The lowest BCUT2D eigenvalue weighted by atomic mass is 10.1. The molecule has 0 bridgehead atoms. The summed E-state index contributed by atoms with van der Waals surface area (Å²) in [6.45, 7) is 5.81. The highest BCUT2D eigenvalue weighted by Crippen LogP contribution is 2.22. The number of aryl methyl sites for hydroxylation is 3. The molecule has 1 aromatic heterocycles. The highest BCUT2D eigenvalue weighted by atomic mass is 32.2. The first-order valence-electron chi connectivity index (χ1n) is 13.5. The number of H-pyrrole nitrogens is 1. The maximum atomic E-state index is 13.1. The number of amides is 2. The zero-order valence-corrected chi connectivity index (χ0v) is 24.8. The number of aromatic amines is 1. The van der Waals surface area contributed by atoms with Gasteiger partial charge in [-0.2, -0.15) is 4.72 Å². The Labute approximate surface area is 249 Å². The van der Waals surface area contributed by atoms with Gasteiger partial charge in [-0.25, -0.2) is 18.2 Å². The number of aromatic nitrogens is 2. The van der Waals surface area contributed by atoms with Crippen molar-refractivity contribution in [1.29, 1.82) is 0 Å². The molecule has 2 amide bonds. The number of carbonyl (C=O) groups is 2. The summed E-state index contributed by atoms with van der Waals surface area (Å²) >= 11 is 0. The van der Waals surface area contributed by atoms with Crippen LogP contribution >= 0.6 is 0 Å².